The number of ether oxygens (including phenoxy) is 2. The Labute approximate surface area is 107 Å². The molecule has 0 radical (unpaired) electrons. The average molecular weight is 252 g/mol. The number of amides is 1. The first-order valence-corrected chi connectivity index (χ1v) is 5.71. The fraction of sp³-hybridized carbons (Fsp3) is 0.462. The number of carbonyl (C=O) groups is 1. The van der Waals surface area contributed by atoms with Crippen LogP contribution in [0.1, 0.15) is 19.4 Å². The Morgan fingerprint density at radius 1 is 1.33 bits per heavy atom. The fourth-order valence-corrected chi connectivity index (χ4v) is 1.41. The van der Waals surface area contributed by atoms with Crippen LogP contribution in [0.5, 0.6) is 5.75 Å². The molecule has 0 saturated carbocycles. The summed E-state index contributed by atoms with van der Waals surface area (Å²) in [6.45, 7) is 4.32. The van der Waals surface area contributed by atoms with Crippen molar-refractivity contribution >= 4 is 5.91 Å². The Morgan fingerprint density at radius 3 is 2.44 bits per heavy atom. The zero-order valence-electron chi connectivity index (χ0n) is 11.0. The van der Waals surface area contributed by atoms with Gasteiger partial charge in [0.15, 0.2) is 0 Å². The monoisotopic (exact) mass is 252 g/mol. The molecule has 100 valence electrons. The number of hydrogen-bond donors (Lipinski definition) is 2. The van der Waals surface area contributed by atoms with Gasteiger partial charge in [-0.1, -0.05) is 12.1 Å². The molecule has 0 aromatic heterocycles. The molecule has 5 heteroatoms. The largest absolute Gasteiger partial charge is 0.497 e. The second-order valence-electron chi connectivity index (χ2n) is 4.70. The number of benzene rings is 1. The minimum absolute atomic E-state index is 0.239. The maximum absolute atomic E-state index is 11.4. The highest BCUT2D eigenvalue weighted by atomic mass is 16.5. The molecule has 1 aromatic carbocycles. The van der Waals surface area contributed by atoms with E-state index in [2.05, 4.69) is 5.43 Å². The van der Waals surface area contributed by atoms with Gasteiger partial charge in [0.1, 0.15) is 5.75 Å². The molecule has 0 heterocycles. The summed E-state index contributed by atoms with van der Waals surface area (Å²) < 4.78 is 10.6. The molecule has 0 fully saturated rings. The third-order valence-corrected chi connectivity index (χ3v) is 2.64. The van der Waals surface area contributed by atoms with E-state index in [0.717, 1.165) is 11.3 Å². The number of carbonyl (C=O) groups excluding carboxylic acids is 1. The maximum Gasteiger partial charge on any atom is 0.241 e. The molecule has 0 aliphatic heterocycles. The highest BCUT2D eigenvalue weighted by Crippen LogP contribution is 2.17. The Kier molecular flexibility index (Phi) is 5.12. The number of hydrazine groups is 1. The Bertz CT molecular complexity index is 388. The van der Waals surface area contributed by atoms with Gasteiger partial charge in [-0.05, 0) is 31.5 Å². The number of hydrogen-bond acceptors (Lipinski definition) is 4. The molecular formula is C13H20N2O3. The van der Waals surface area contributed by atoms with Gasteiger partial charge in [-0.3, -0.25) is 10.2 Å². The quantitative estimate of drug-likeness (QED) is 0.453. The second kappa shape index (κ2) is 6.37. The van der Waals surface area contributed by atoms with Crippen molar-refractivity contribution in [3.8, 4) is 5.75 Å². The highest BCUT2D eigenvalue weighted by molar-refractivity contribution is 5.81. The van der Waals surface area contributed by atoms with Crippen LogP contribution in [-0.2, 0) is 16.1 Å². The summed E-state index contributed by atoms with van der Waals surface area (Å²) in [6.07, 6.45) is 0. The summed E-state index contributed by atoms with van der Waals surface area (Å²) in [5.74, 6) is 5.67. The standard InChI is InChI=1S/C13H20N2O3/c1-13(2,12(16)15-14)9-18-8-10-4-6-11(17-3)7-5-10/h4-7H,8-9,14H2,1-3H3,(H,15,16). The fourth-order valence-electron chi connectivity index (χ4n) is 1.41. The van der Waals surface area contributed by atoms with Crippen molar-refractivity contribution < 1.29 is 14.3 Å². The summed E-state index contributed by atoms with van der Waals surface area (Å²) >= 11 is 0. The van der Waals surface area contributed by atoms with E-state index in [1.54, 1.807) is 21.0 Å². The van der Waals surface area contributed by atoms with E-state index in [-0.39, 0.29) is 5.91 Å². The molecule has 1 rings (SSSR count). The summed E-state index contributed by atoms with van der Waals surface area (Å²) in [7, 11) is 1.62. The third kappa shape index (κ3) is 4.01. The van der Waals surface area contributed by atoms with Gasteiger partial charge in [0.2, 0.25) is 5.91 Å². The zero-order valence-corrected chi connectivity index (χ0v) is 11.0. The number of nitrogens with one attached hydrogen (secondary N) is 1. The molecule has 0 spiro atoms. The third-order valence-electron chi connectivity index (χ3n) is 2.64. The normalized spacial score (nSPS) is 11.1. The SMILES string of the molecule is COc1ccc(COCC(C)(C)C(=O)NN)cc1. The predicted molar refractivity (Wildman–Crippen MR) is 68.8 cm³/mol. The van der Waals surface area contributed by atoms with Crippen molar-refractivity contribution in [3.63, 3.8) is 0 Å². The van der Waals surface area contributed by atoms with Crippen LogP contribution in [0, 0.1) is 5.41 Å². The van der Waals surface area contributed by atoms with E-state index in [1.165, 1.54) is 0 Å². The van der Waals surface area contributed by atoms with Gasteiger partial charge in [-0.2, -0.15) is 0 Å². The van der Waals surface area contributed by atoms with Crippen LogP contribution in [0.2, 0.25) is 0 Å². The molecule has 0 bridgehead atoms. The van der Waals surface area contributed by atoms with Crippen LogP contribution in [0.15, 0.2) is 24.3 Å². The highest BCUT2D eigenvalue weighted by Gasteiger charge is 2.27. The van der Waals surface area contributed by atoms with Crippen molar-refractivity contribution in [2.75, 3.05) is 13.7 Å². The first kappa shape index (κ1) is 14.5. The van der Waals surface area contributed by atoms with Crippen molar-refractivity contribution in [2.45, 2.75) is 20.5 Å². The van der Waals surface area contributed by atoms with Crippen molar-refractivity contribution in [2.24, 2.45) is 11.3 Å². The lowest BCUT2D eigenvalue weighted by Gasteiger charge is -2.21. The smallest absolute Gasteiger partial charge is 0.241 e. The van der Waals surface area contributed by atoms with E-state index >= 15 is 0 Å². The second-order valence-corrected chi connectivity index (χ2v) is 4.70. The Hall–Kier alpha value is -1.59. The van der Waals surface area contributed by atoms with Crippen LogP contribution in [0.4, 0.5) is 0 Å². The van der Waals surface area contributed by atoms with Crippen molar-refractivity contribution in [3.05, 3.63) is 29.8 Å². The van der Waals surface area contributed by atoms with Gasteiger partial charge < -0.3 is 9.47 Å². The van der Waals surface area contributed by atoms with E-state index in [4.69, 9.17) is 15.3 Å². The summed E-state index contributed by atoms with van der Waals surface area (Å²) in [5, 5.41) is 0. The average Bonchev–Trinajstić information content (AvgIpc) is 2.38. The van der Waals surface area contributed by atoms with E-state index in [9.17, 15) is 4.79 Å². The van der Waals surface area contributed by atoms with E-state index in [0.29, 0.717) is 13.2 Å². The predicted octanol–water partition coefficient (Wildman–Crippen LogP) is 1.23. The maximum atomic E-state index is 11.4. The molecule has 0 aliphatic carbocycles. The molecule has 18 heavy (non-hydrogen) atoms. The Balaban J connectivity index is 2.43. The molecule has 1 amide bonds. The van der Waals surface area contributed by atoms with Gasteiger partial charge in [-0.15, -0.1) is 0 Å². The molecule has 5 nitrogen and oxygen atoms in total. The van der Waals surface area contributed by atoms with Gasteiger partial charge in [0.05, 0.1) is 25.7 Å². The number of nitrogens with two attached hydrogens (primary N) is 1. The van der Waals surface area contributed by atoms with Crippen LogP contribution in [-0.4, -0.2) is 19.6 Å². The molecule has 0 aliphatic rings. The Morgan fingerprint density at radius 2 is 1.94 bits per heavy atom. The van der Waals surface area contributed by atoms with Crippen molar-refractivity contribution in [1.29, 1.82) is 0 Å². The number of rotatable bonds is 6. The molecule has 1 aromatic rings. The zero-order chi connectivity index (χ0) is 13.6. The molecule has 0 saturated heterocycles. The van der Waals surface area contributed by atoms with Crippen LogP contribution >= 0.6 is 0 Å². The lowest BCUT2D eigenvalue weighted by atomic mass is 9.94. The minimum Gasteiger partial charge on any atom is -0.497 e. The number of methoxy groups -OCH3 is 1. The lowest BCUT2D eigenvalue weighted by Crippen LogP contribution is -2.43. The first-order chi connectivity index (χ1) is 8.49. The summed E-state index contributed by atoms with van der Waals surface area (Å²) in [6, 6.07) is 7.59. The molecular weight excluding hydrogens is 232 g/mol. The summed E-state index contributed by atoms with van der Waals surface area (Å²) in [5.41, 5.74) is 2.52. The summed E-state index contributed by atoms with van der Waals surface area (Å²) in [4.78, 5) is 11.4. The van der Waals surface area contributed by atoms with Gasteiger partial charge in [0, 0.05) is 0 Å². The van der Waals surface area contributed by atoms with Crippen LogP contribution in [0.3, 0.4) is 0 Å². The van der Waals surface area contributed by atoms with E-state index in [1.807, 2.05) is 24.3 Å². The molecule has 0 atom stereocenters. The van der Waals surface area contributed by atoms with Gasteiger partial charge in [0.25, 0.3) is 0 Å². The van der Waals surface area contributed by atoms with Crippen molar-refractivity contribution in [1.82, 2.24) is 5.43 Å². The van der Waals surface area contributed by atoms with Gasteiger partial charge in [-0.25, -0.2) is 5.84 Å². The lowest BCUT2D eigenvalue weighted by molar-refractivity contribution is -0.132. The minimum atomic E-state index is -0.638. The molecule has 0 unspecified atom stereocenters. The first-order valence-electron chi connectivity index (χ1n) is 5.71. The van der Waals surface area contributed by atoms with Crippen LogP contribution in [0.25, 0.3) is 0 Å². The molecule has 3 N–H and O–H groups in total. The van der Waals surface area contributed by atoms with E-state index < -0.39 is 5.41 Å². The topological polar surface area (TPSA) is 73.6 Å². The van der Waals surface area contributed by atoms with Crippen LogP contribution < -0.4 is 16.0 Å². The van der Waals surface area contributed by atoms with Gasteiger partial charge >= 0.3 is 0 Å².